The van der Waals surface area contributed by atoms with Gasteiger partial charge in [-0.3, -0.25) is 9.69 Å². The predicted molar refractivity (Wildman–Crippen MR) is 83.6 cm³/mol. The van der Waals surface area contributed by atoms with Crippen LogP contribution in [0.2, 0.25) is 0 Å². The Balaban J connectivity index is 2.25. The first-order chi connectivity index (χ1) is 9.34. The highest BCUT2D eigenvalue weighted by atomic mass is 16.1. The fraction of sp³-hybridized carbons (Fsp3) is 0.933. The average molecular weight is 284 g/mol. The molecular formula is C15H32N4O. The van der Waals surface area contributed by atoms with Crippen molar-refractivity contribution in [3.05, 3.63) is 0 Å². The van der Waals surface area contributed by atoms with Crippen LogP contribution in [0, 0.1) is 5.41 Å². The van der Waals surface area contributed by atoms with Crippen LogP contribution in [-0.2, 0) is 4.79 Å². The van der Waals surface area contributed by atoms with Crippen molar-refractivity contribution < 1.29 is 4.79 Å². The predicted octanol–water partition coefficient (Wildman–Crippen LogP) is 0.504. The van der Waals surface area contributed by atoms with Crippen LogP contribution in [0.15, 0.2) is 0 Å². The van der Waals surface area contributed by atoms with E-state index in [4.69, 9.17) is 5.73 Å². The van der Waals surface area contributed by atoms with E-state index in [-0.39, 0.29) is 11.3 Å². The first-order valence-electron chi connectivity index (χ1n) is 7.69. The van der Waals surface area contributed by atoms with Crippen molar-refractivity contribution in [3.63, 3.8) is 0 Å². The summed E-state index contributed by atoms with van der Waals surface area (Å²) in [4.78, 5) is 16.6. The standard InChI is InChI=1S/C15H32N4O/c1-15(2,7-8-16)6-5-14(20)17-11-13-12-18(3)9-10-19(13)4/h13H,5-12,16H2,1-4H3,(H,17,20). The van der Waals surface area contributed by atoms with Gasteiger partial charge < -0.3 is 16.0 Å². The number of likely N-dealkylation sites (N-methyl/N-ethyl adjacent to an activating group) is 2. The lowest BCUT2D eigenvalue weighted by Gasteiger charge is -2.37. The van der Waals surface area contributed by atoms with Gasteiger partial charge in [0.1, 0.15) is 0 Å². The van der Waals surface area contributed by atoms with Crippen LogP contribution < -0.4 is 11.1 Å². The third-order valence-electron chi connectivity index (χ3n) is 4.37. The molecular weight excluding hydrogens is 252 g/mol. The maximum atomic E-state index is 12.0. The Labute approximate surface area is 123 Å². The average Bonchev–Trinajstić information content (AvgIpc) is 2.37. The van der Waals surface area contributed by atoms with Gasteiger partial charge in [-0.05, 0) is 38.9 Å². The maximum Gasteiger partial charge on any atom is 0.220 e. The molecule has 5 nitrogen and oxygen atoms in total. The summed E-state index contributed by atoms with van der Waals surface area (Å²) in [6.07, 6.45) is 2.46. The number of carbonyl (C=O) groups is 1. The van der Waals surface area contributed by atoms with Crippen LogP contribution in [0.4, 0.5) is 0 Å². The van der Waals surface area contributed by atoms with Gasteiger partial charge in [-0.2, -0.15) is 0 Å². The zero-order valence-corrected chi connectivity index (χ0v) is 13.6. The van der Waals surface area contributed by atoms with Crippen molar-refractivity contribution in [3.8, 4) is 0 Å². The third kappa shape index (κ3) is 6.20. The second-order valence-corrected chi connectivity index (χ2v) is 6.90. The molecule has 0 aromatic heterocycles. The summed E-state index contributed by atoms with van der Waals surface area (Å²) < 4.78 is 0. The monoisotopic (exact) mass is 284 g/mol. The van der Waals surface area contributed by atoms with E-state index in [1.165, 1.54) is 0 Å². The van der Waals surface area contributed by atoms with Crippen LogP contribution in [0.3, 0.4) is 0 Å². The highest BCUT2D eigenvalue weighted by Gasteiger charge is 2.23. The lowest BCUT2D eigenvalue weighted by molar-refractivity contribution is -0.122. The van der Waals surface area contributed by atoms with Crippen LogP contribution in [0.1, 0.15) is 33.1 Å². The minimum Gasteiger partial charge on any atom is -0.354 e. The van der Waals surface area contributed by atoms with Crippen LogP contribution in [0.5, 0.6) is 0 Å². The summed E-state index contributed by atoms with van der Waals surface area (Å²) in [5, 5.41) is 3.08. The van der Waals surface area contributed by atoms with E-state index in [2.05, 4.69) is 43.1 Å². The molecule has 3 N–H and O–H groups in total. The van der Waals surface area contributed by atoms with E-state index in [1.54, 1.807) is 0 Å². The molecule has 1 rings (SSSR count). The molecule has 118 valence electrons. The van der Waals surface area contributed by atoms with Crippen molar-refractivity contribution in [2.75, 3.05) is 46.8 Å². The van der Waals surface area contributed by atoms with Crippen LogP contribution in [-0.4, -0.2) is 68.6 Å². The molecule has 1 aliphatic rings. The quantitative estimate of drug-likeness (QED) is 0.715. The fourth-order valence-electron chi connectivity index (χ4n) is 2.61. The van der Waals surface area contributed by atoms with E-state index >= 15 is 0 Å². The van der Waals surface area contributed by atoms with Gasteiger partial charge in [0.2, 0.25) is 5.91 Å². The number of rotatable bonds is 7. The molecule has 0 aromatic carbocycles. The molecule has 0 aromatic rings. The Bertz CT molecular complexity index is 306. The second-order valence-electron chi connectivity index (χ2n) is 6.90. The number of amides is 1. The second kappa shape index (κ2) is 7.96. The highest BCUT2D eigenvalue weighted by Crippen LogP contribution is 2.25. The Morgan fingerprint density at radius 3 is 2.65 bits per heavy atom. The molecule has 1 aliphatic heterocycles. The zero-order chi connectivity index (χ0) is 15.2. The topological polar surface area (TPSA) is 61.6 Å². The molecule has 1 unspecified atom stereocenters. The highest BCUT2D eigenvalue weighted by molar-refractivity contribution is 5.75. The van der Waals surface area contributed by atoms with Gasteiger partial charge in [0.05, 0.1) is 0 Å². The number of carbonyl (C=O) groups excluding carboxylic acids is 1. The summed E-state index contributed by atoms with van der Waals surface area (Å²) in [6, 6.07) is 0.426. The molecule has 1 saturated heterocycles. The Hall–Kier alpha value is -0.650. The molecule has 1 atom stereocenters. The van der Waals surface area contributed by atoms with E-state index in [9.17, 15) is 4.79 Å². The van der Waals surface area contributed by atoms with E-state index in [0.717, 1.165) is 39.0 Å². The molecule has 0 radical (unpaired) electrons. The molecule has 0 saturated carbocycles. The summed E-state index contributed by atoms with van der Waals surface area (Å²) >= 11 is 0. The Morgan fingerprint density at radius 2 is 2.00 bits per heavy atom. The van der Waals surface area contributed by atoms with Crippen molar-refractivity contribution in [2.24, 2.45) is 11.1 Å². The van der Waals surface area contributed by atoms with Crippen molar-refractivity contribution in [1.29, 1.82) is 0 Å². The molecule has 0 aliphatic carbocycles. The van der Waals surface area contributed by atoms with E-state index in [1.807, 2.05) is 0 Å². The normalized spacial score (nSPS) is 21.9. The lowest BCUT2D eigenvalue weighted by atomic mass is 9.84. The van der Waals surface area contributed by atoms with Gasteiger partial charge in [0.25, 0.3) is 0 Å². The van der Waals surface area contributed by atoms with Gasteiger partial charge in [0.15, 0.2) is 0 Å². The molecule has 0 bridgehead atoms. The van der Waals surface area contributed by atoms with Gasteiger partial charge in [0, 0.05) is 38.6 Å². The summed E-state index contributed by atoms with van der Waals surface area (Å²) in [5.41, 5.74) is 5.76. The van der Waals surface area contributed by atoms with Crippen LogP contribution in [0.25, 0.3) is 0 Å². The minimum atomic E-state index is 0.161. The summed E-state index contributed by atoms with van der Waals surface area (Å²) in [7, 11) is 4.27. The summed E-state index contributed by atoms with van der Waals surface area (Å²) in [6.45, 7) is 8.99. The molecule has 1 fully saturated rings. The molecule has 20 heavy (non-hydrogen) atoms. The number of hydrogen-bond donors (Lipinski definition) is 2. The van der Waals surface area contributed by atoms with Gasteiger partial charge in [-0.1, -0.05) is 13.8 Å². The minimum absolute atomic E-state index is 0.161. The van der Waals surface area contributed by atoms with Gasteiger partial charge >= 0.3 is 0 Å². The van der Waals surface area contributed by atoms with Crippen LogP contribution >= 0.6 is 0 Å². The van der Waals surface area contributed by atoms with Gasteiger partial charge in [-0.25, -0.2) is 0 Å². The number of nitrogens with one attached hydrogen (secondary N) is 1. The SMILES string of the molecule is CN1CCN(C)C(CNC(=O)CCC(C)(C)CCN)C1. The van der Waals surface area contributed by atoms with Crippen molar-refractivity contribution in [1.82, 2.24) is 15.1 Å². The fourth-order valence-corrected chi connectivity index (χ4v) is 2.61. The number of piperazine rings is 1. The summed E-state index contributed by atoms with van der Waals surface area (Å²) in [5.74, 6) is 0.164. The van der Waals surface area contributed by atoms with Crippen molar-refractivity contribution in [2.45, 2.75) is 39.2 Å². The lowest BCUT2D eigenvalue weighted by Crippen LogP contribution is -2.54. The number of nitrogens with two attached hydrogens (primary N) is 1. The first kappa shape index (κ1) is 17.4. The first-order valence-corrected chi connectivity index (χ1v) is 7.69. The van der Waals surface area contributed by atoms with E-state index < -0.39 is 0 Å². The maximum absolute atomic E-state index is 12.0. The third-order valence-corrected chi connectivity index (χ3v) is 4.37. The Morgan fingerprint density at radius 1 is 1.30 bits per heavy atom. The zero-order valence-electron chi connectivity index (χ0n) is 13.6. The number of nitrogens with zero attached hydrogens (tertiary/aromatic N) is 2. The smallest absolute Gasteiger partial charge is 0.220 e. The molecule has 1 heterocycles. The number of hydrogen-bond acceptors (Lipinski definition) is 4. The molecule has 5 heteroatoms. The molecule has 0 spiro atoms. The largest absolute Gasteiger partial charge is 0.354 e. The molecule has 1 amide bonds. The Kier molecular flexibility index (Phi) is 6.92. The van der Waals surface area contributed by atoms with Crippen molar-refractivity contribution >= 4 is 5.91 Å². The van der Waals surface area contributed by atoms with E-state index in [0.29, 0.717) is 19.0 Å². The van der Waals surface area contributed by atoms with Gasteiger partial charge in [-0.15, -0.1) is 0 Å².